The Balaban J connectivity index is 3.21. The number of hydrogen-bond acceptors (Lipinski definition) is 4. The van der Waals surface area contributed by atoms with Crippen molar-refractivity contribution >= 4 is 5.97 Å². The molecule has 0 aromatic rings. The van der Waals surface area contributed by atoms with E-state index in [0.29, 0.717) is 26.2 Å². The summed E-state index contributed by atoms with van der Waals surface area (Å²) in [5, 5.41) is 0. The second-order valence-corrected chi connectivity index (χ2v) is 8.66. The van der Waals surface area contributed by atoms with Crippen LogP contribution >= 0.6 is 0 Å². The van der Waals surface area contributed by atoms with Crippen molar-refractivity contribution in [3.8, 4) is 0 Å². The van der Waals surface area contributed by atoms with Crippen molar-refractivity contribution in [2.75, 3.05) is 26.4 Å². The van der Waals surface area contributed by atoms with Crippen LogP contribution in [0.15, 0.2) is 0 Å². The van der Waals surface area contributed by atoms with Crippen LogP contribution in [-0.4, -0.2) is 38.5 Å². The molecule has 0 fully saturated rings. The third-order valence-corrected chi connectivity index (χ3v) is 5.48. The first-order valence-electron chi connectivity index (χ1n) is 13.1. The number of rotatable bonds is 24. The van der Waals surface area contributed by atoms with E-state index in [1.54, 1.807) is 0 Å². The van der Waals surface area contributed by atoms with E-state index in [1.807, 2.05) is 6.92 Å². The maximum atomic E-state index is 11.8. The number of ether oxygens (including phenoxy) is 3. The predicted octanol–water partition coefficient (Wildman–Crippen LogP) is 7.62. The molecule has 0 aliphatic rings. The van der Waals surface area contributed by atoms with Gasteiger partial charge in [0.2, 0.25) is 0 Å². The number of carbonyl (C=O) groups is 1. The molecule has 4 nitrogen and oxygen atoms in total. The van der Waals surface area contributed by atoms with Gasteiger partial charge in [0.05, 0.1) is 19.3 Å². The molecule has 0 aromatic carbocycles. The van der Waals surface area contributed by atoms with Crippen LogP contribution in [0.1, 0.15) is 130 Å². The topological polar surface area (TPSA) is 44.8 Å². The maximum absolute atomic E-state index is 11.8. The fourth-order valence-corrected chi connectivity index (χ4v) is 3.53. The van der Waals surface area contributed by atoms with E-state index >= 15 is 0 Å². The lowest BCUT2D eigenvalue weighted by Crippen LogP contribution is -2.15. The van der Waals surface area contributed by atoms with Gasteiger partial charge < -0.3 is 14.2 Å². The Hall–Kier alpha value is -0.610. The summed E-state index contributed by atoms with van der Waals surface area (Å²) >= 11 is 0. The molecule has 0 heterocycles. The quantitative estimate of drug-likeness (QED) is 0.117. The van der Waals surface area contributed by atoms with Crippen molar-refractivity contribution in [1.82, 2.24) is 0 Å². The smallest absolute Gasteiger partial charge is 0.306 e. The molecule has 1 atom stereocenters. The first-order valence-corrected chi connectivity index (χ1v) is 13.1. The second-order valence-electron chi connectivity index (χ2n) is 8.66. The second kappa shape index (κ2) is 24.7. The summed E-state index contributed by atoms with van der Waals surface area (Å²) in [6.45, 7) is 9.16. The van der Waals surface area contributed by atoms with E-state index in [2.05, 4.69) is 13.8 Å². The van der Waals surface area contributed by atoms with Gasteiger partial charge in [0, 0.05) is 19.6 Å². The van der Waals surface area contributed by atoms with Crippen LogP contribution in [-0.2, 0) is 19.0 Å². The highest BCUT2D eigenvalue weighted by Crippen LogP contribution is 2.11. The van der Waals surface area contributed by atoms with Crippen LogP contribution in [0.3, 0.4) is 0 Å². The van der Waals surface area contributed by atoms with Gasteiger partial charge in [-0.3, -0.25) is 4.79 Å². The SMILES string of the molecule is CCCCCCCCCCCCOCCOCCCC(=O)OC(C)CCCCCC. The molecule has 0 aliphatic heterocycles. The van der Waals surface area contributed by atoms with Crippen LogP contribution in [0.2, 0.25) is 0 Å². The fourth-order valence-electron chi connectivity index (χ4n) is 3.53. The first-order chi connectivity index (χ1) is 14.7. The molecule has 0 rings (SSSR count). The van der Waals surface area contributed by atoms with Gasteiger partial charge in [0.1, 0.15) is 0 Å². The van der Waals surface area contributed by atoms with E-state index < -0.39 is 0 Å². The van der Waals surface area contributed by atoms with Gasteiger partial charge in [-0.1, -0.05) is 90.9 Å². The summed E-state index contributed by atoms with van der Waals surface area (Å²) in [5.74, 6) is -0.0983. The molecule has 0 saturated carbocycles. The van der Waals surface area contributed by atoms with E-state index in [0.717, 1.165) is 32.3 Å². The summed E-state index contributed by atoms with van der Waals surface area (Å²) in [4.78, 5) is 11.8. The van der Waals surface area contributed by atoms with Crippen LogP contribution in [0.5, 0.6) is 0 Å². The lowest BCUT2D eigenvalue weighted by Gasteiger charge is -2.13. The van der Waals surface area contributed by atoms with Gasteiger partial charge >= 0.3 is 5.97 Å². The highest BCUT2D eigenvalue weighted by atomic mass is 16.5. The summed E-state index contributed by atoms with van der Waals surface area (Å²) in [6.07, 6.45) is 20.5. The van der Waals surface area contributed by atoms with E-state index in [-0.39, 0.29) is 12.1 Å². The Kier molecular flexibility index (Phi) is 24.2. The molecule has 0 radical (unpaired) electrons. The monoisotopic (exact) mass is 428 g/mol. The van der Waals surface area contributed by atoms with Crippen molar-refractivity contribution < 1.29 is 19.0 Å². The van der Waals surface area contributed by atoms with E-state index in [4.69, 9.17) is 14.2 Å². The minimum Gasteiger partial charge on any atom is -0.463 e. The zero-order valence-corrected chi connectivity index (χ0v) is 20.6. The summed E-state index contributed by atoms with van der Waals surface area (Å²) in [5.41, 5.74) is 0. The molecular weight excluding hydrogens is 376 g/mol. The van der Waals surface area contributed by atoms with Crippen LogP contribution in [0.25, 0.3) is 0 Å². The summed E-state index contributed by atoms with van der Waals surface area (Å²) in [6, 6.07) is 0. The van der Waals surface area contributed by atoms with Crippen molar-refractivity contribution in [3.05, 3.63) is 0 Å². The zero-order chi connectivity index (χ0) is 22.1. The average molecular weight is 429 g/mol. The van der Waals surface area contributed by atoms with Crippen LogP contribution < -0.4 is 0 Å². The minimum absolute atomic E-state index is 0.0365. The van der Waals surface area contributed by atoms with Crippen molar-refractivity contribution in [1.29, 1.82) is 0 Å². The predicted molar refractivity (Wildman–Crippen MR) is 127 cm³/mol. The average Bonchev–Trinajstić information content (AvgIpc) is 2.73. The normalized spacial score (nSPS) is 12.2. The lowest BCUT2D eigenvalue weighted by molar-refractivity contribution is -0.148. The Morgan fingerprint density at radius 2 is 1.07 bits per heavy atom. The van der Waals surface area contributed by atoms with Gasteiger partial charge in [-0.2, -0.15) is 0 Å². The Labute approximate surface area is 187 Å². The molecule has 0 bridgehead atoms. The van der Waals surface area contributed by atoms with Crippen molar-refractivity contribution in [3.63, 3.8) is 0 Å². The van der Waals surface area contributed by atoms with Crippen LogP contribution in [0.4, 0.5) is 0 Å². The number of unbranched alkanes of at least 4 members (excludes halogenated alkanes) is 12. The van der Waals surface area contributed by atoms with Crippen molar-refractivity contribution in [2.45, 2.75) is 136 Å². The van der Waals surface area contributed by atoms with Crippen LogP contribution in [0, 0.1) is 0 Å². The molecule has 180 valence electrons. The number of esters is 1. The molecule has 0 amide bonds. The molecule has 1 unspecified atom stereocenters. The van der Waals surface area contributed by atoms with Gasteiger partial charge in [-0.15, -0.1) is 0 Å². The maximum Gasteiger partial charge on any atom is 0.306 e. The number of carbonyl (C=O) groups excluding carboxylic acids is 1. The molecular formula is C26H52O4. The molecule has 0 spiro atoms. The molecule has 0 aromatic heterocycles. The Morgan fingerprint density at radius 1 is 0.600 bits per heavy atom. The third kappa shape index (κ3) is 23.7. The van der Waals surface area contributed by atoms with Crippen molar-refractivity contribution in [2.24, 2.45) is 0 Å². The summed E-state index contributed by atoms with van der Waals surface area (Å²) in [7, 11) is 0. The van der Waals surface area contributed by atoms with E-state index in [1.165, 1.54) is 77.0 Å². The molecule has 4 heteroatoms. The van der Waals surface area contributed by atoms with Gasteiger partial charge in [-0.25, -0.2) is 0 Å². The van der Waals surface area contributed by atoms with Gasteiger partial charge in [-0.05, 0) is 32.6 Å². The Morgan fingerprint density at radius 3 is 1.63 bits per heavy atom. The van der Waals surface area contributed by atoms with E-state index in [9.17, 15) is 4.79 Å². The largest absolute Gasteiger partial charge is 0.463 e. The third-order valence-electron chi connectivity index (χ3n) is 5.48. The standard InChI is InChI=1S/C26H52O4/c1-4-6-8-10-11-12-13-14-15-17-21-28-23-24-29-22-18-20-26(27)30-25(3)19-16-9-7-5-2/h25H,4-24H2,1-3H3. The minimum atomic E-state index is -0.0983. The Bertz CT molecular complexity index is 346. The molecule has 0 aliphatic carbocycles. The van der Waals surface area contributed by atoms with Gasteiger partial charge in [0.25, 0.3) is 0 Å². The molecule has 30 heavy (non-hydrogen) atoms. The zero-order valence-electron chi connectivity index (χ0n) is 20.6. The summed E-state index contributed by atoms with van der Waals surface area (Å²) < 4.78 is 16.6. The highest BCUT2D eigenvalue weighted by Gasteiger charge is 2.09. The molecule has 0 N–H and O–H groups in total. The molecule has 0 saturated heterocycles. The number of hydrogen-bond donors (Lipinski definition) is 0. The van der Waals surface area contributed by atoms with Gasteiger partial charge in [0.15, 0.2) is 0 Å². The fraction of sp³-hybridized carbons (Fsp3) is 0.962. The first kappa shape index (κ1) is 29.4. The highest BCUT2D eigenvalue weighted by molar-refractivity contribution is 5.69. The lowest BCUT2D eigenvalue weighted by atomic mass is 10.1.